The number of aromatic nitrogens is 1. The Morgan fingerprint density at radius 1 is 1.62 bits per heavy atom. The monoisotopic (exact) mass is 236 g/mol. The molecule has 2 aromatic rings. The zero-order valence-corrected chi connectivity index (χ0v) is 9.71. The van der Waals surface area contributed by atoms with Crippen LogP contribution < -0.4 is 5.32 Å². The molecule has 0 saturated carbocycles. The van der Waals surface area contributed by atoms with E-state index in [1.165, 1.54) is 11.3 Å². The van der Waals surface area contributed by atoms with Gasteiger partial charge in [0, 0.05) is 18.2 Å². The van der Waals surface area contributed by atoms with E-state index in [0.717, 1.165) is 11.5 Å². The van der Waals surface area contributed by atoms with E-state index >= 15 is 0 Å². The van der Waals surface area contributed by atoms with Gasteiger partial charge in [0.15, 0.2) is 5.13 Å². The van der Waals surface area contributed by atoms with Gasteiger partial charge in [0.1, 0.15) is 5.76 Å². The molecule has 4 nitrogen and oxygen atoms in total. The zero-order valence-electron chi connectivity index (χ0n) is 8.90. The lowest BCUT2D eigenvalue weighted by molar-refractivity contribution is -0.116. The maximum atomic E-state index is 11.5. The van der Waals surface area contributed by atoms with Crippen molar-refractivity contribution in [3.63, 3.8) is 0 Å². The summed E-state index contributed by atoms with van der Waals surface area (Å²) < 4.78 is 5.15. The van der Waals surface area contributed by atoms with Crippen LogP contribution in [0.25, 0.3) is 0 Å². The minimum atomic E-state index is -0.0363. The maximum absolute atomic E-state index is 11.5. The lowest BCUT2D eigenvalue weighted by Crippen LogP contribution is -2.11. The molecule has 2 rings (SSSR count). The van der Waals surface area contributed by atoms with Gasteiger partial charge >= 0.3 is 0 Å². The van der Waals surface area contributed by atoms with Crippen molar-refractivity contribution in [1.29, 1.82) is 0 Å². The Balaban J connectivity index is 1.81. The number of amides is 1. The topological polar surface area (TPSA) is 55.1 Å². The van der Waals surface area contributed by atoms with Crippen molar-refractivity contribution in [1.82, 2.24) is 4.98 Å². The van der Waals surface area contributed by atoms with Gasteiger partial charge in [-0.3, -0.25) is 4.79 Å². The highest BCUT2D eigenvalue weighted by Crippen LogP contribution is 2.14. The molecule has 1 amide bonds. The Hall–Kier alpha value is -1.62. The molecule has 16 heavy (non-hydrogen) atoms. The van der Waals surface area contributed by atoms with E-state index in [4.69, 9.17) is 4.42 Å². The van der Waals surface area contributed by atoms with Gasteiger partial charge < -0.3 is 9.73 Å². The van der Waals surface area contributed by atoms with E-state index in [0.29, 0.717) is 18.0 Å². The van der Waals surface area contributed by atoms with Crippen LogP contribution in [-0.4, -0.2) is 10.9 Å². The predicted molar refractivity (Wildman–Crippen MR) is 62.5 cm³/mol. The largest absolute Gasteiger partial charge is 0.469 e. The minimum absolute atomic E-state index is 0.0363. The highest BCUT2D eigenvalue weighted by Gasteiger charge is 2.06. The van der Waals surface area contributed by atoms with Gasteiger partial charge in [0.2, 0.25) is 5.91 Å². The predicted octanol–water partition coefficient (Wildman–Crippen LogP) is 2.62. The first-order valence-corrected chi connectivity index (χ1v) is 5.86. The molecular formula is C11H12N2O2S. The summed E-state index contributed by atoms with van der Waals surface area (Å²) in [6, 6.07) is 3.68. The molecule has 0 unspecified atom stereocenters. The minimum Gasteiger partial charge on any atom is -0.469 e. The van der Waals surface area contributed by atoms with E-state index in [1.807, 2.05) is 24.4 Å². The summed E-state index contributed by atoms with van der Waals surface area (Å²) in [5, 5.41) is 5.31. The van der Waals surface area contributed by atoms with Crippen LogP contribution in [-0.2, 0) is 11.2 Å². The van der Waals surface area contributed by atoms with Gasteiger partial charge in [-0.05, 0) is 19.1 Å². The van der Waals surface area contributed by atoms with Crippen molar-refractivity contribution in [2.75, 3.05) is 5.32 Å². The van der Waals surface area contributed by atoms with Crippen LogP contribution in [0.1, 0.15) is 17.9 Å². The Kier molecular flexibility index (Phi) is 3.36. The fourth-order valence-electron chi connectivity index (χ4n) is 1.28. The number of furan rings is 1. The molecule has 0 fully saturated rings. The quantitative estimate of drug-likeness (QED) is 0.887. The summed E-state index contributed by atoms with van der Waals surface area (Å²) >= 11 is 1.43. The second kappa shape index (κ2) is 4.94. The fraction of sp³-hybridized carbons (Fsp3) is 0.273. The van der Waals surface area contributed by atoms with Gasteiger partial charge in [-0.25, -0.2) is 4.98 Å². The molecule has 0 bridgehead atoms. The third-order valence-corrected chi connectivity index (χ3v) is 2.92. The Labute approximate surface area is 97.3 Å². The molecule has 0 saturated heterocycles. The summed E-state index contributed by atoms with van der Waals surface area (Å²) in [6.45, 7) is 1.90. The van der Waals surface area contributed by atoms with Crippen molar-refractivity contribution in [3.8, 4) is 0 Å². The van der Waals surface area contributed by atoms with Crippen LogP contribution in [0, 0.1) is 6.92 Å². The number of aryl methyl sites for hydroxylation is 2. The number of carbonyl (C=O) groups is 1. The van der Waals surface area contributed by atoms with E-state index in [-0.39, 0.29) is 5.91 Å². The third-order valence-electron chi connectivity index (χ3n) is 2.04. The molecule has 0 spiro atoms. The standard InChI is InChI=1S/C11H12N2O2S/c1-8-7-16-11(12-8)13-10(14)5-4-9-3-2-6-15-9/h2-3,6-7H,4-5H2,1H3,(H,12,13,14). The first kappa shape index (κ1) is 10.9. The van der Waals surface area contributed by atoms with Gasteiger partial charge in [0.25, 0.3) is 0 Å². The fourth-order valence-corrected chi connectivity index (χ4v) is 1.99. The van der Waals surface area contributed by atoms with Crippen LogP contribution >= 0.6 is 11.3 Å². The highest BCUT2D eigenvalue weighted by molar-refractivity contribution is 7.13. The highest BCUT2D eigenvalue weighted by atomic mass is 32.1. The van der Waals surface area contributed by atoms with Crippen molar-refractivity contribution in [3.05, 3.63) is 35.2 Å². The molecule has 0 radical (unpaired) electrons. The van der Waals surface area contributed by atoms with Crippen molar-refractivity contribution in [2.45, 2.75) is 19.8 Å². The van der Waals surface area contributed by atoms with Gasteiger partial charge in [-0.1, -0.05) is 0 Å². The summed E-state index contributed by atoms with van der Waals surface area (Å²) in [4.78, 5) is 15.7. The molecule has 5 heteroatoms. The third kappa shape index (κ3) is 2.93. The smallest absolute Gasteiger partial charge is 0.226 e. The number of hydrogen-bond acceptors (Lipinski definition) is 4. The zero-order chi connectivity index (χ0) is 11.4. The lowest BCUT2D eigenvalue weighted by atomic mass is 10.2. The first-order chi connectivity index (χ1) is 7.74. The number of nitrogens with one attached hydrogen (secondary N) is 1. The van der Waals surface area contributed by atoms with Crippen LogP contribution in [0.15, 0.2) is 28.2 Å². The molecule has 84 valence electrons. The molecule has 0 atom stereocenters. The van der Waals surface area contributed by atoms with Crippen molar-refractivity contribution < 1.29 is 9.21 Å². The van der Waals surface area contributed by atoms with Crippen LogP contribution in [0.4, 0.5) is 5.13 Å². The number of nitrogens with zero attached hydrogens (tertiary/aromatic N) is 1. The SMILES string of the molecule is Cc1csc(NC(=O)CCc2ccco2)n1. The second-order valence-electron chi connectivity index (χ2n) is 3.42. The first-order valence-electron chi connectivity index (χ1n) is 4.98. The number of rotatable bonds is 4. The molecule has 1 N–H and O–H groups in total. The normalized spacial score (nSPS) is 10.3. The molecule has 0 aliphatic rings. The summed E-state index contributed by atoms with van der Waals surface area (Å²) in [6.07, 6.45) is 2.63. The Bertz CT molecular complexity index is 462. The van der Waals surface area contributed by atoms with Crippen LogP contribution in [0.5, 0.6) is 0 Å². The average Bonchev–Trinajstić information content (AvgIpc) is 2.87. The van der Waals surface area contributed by atoms with Crippen LogP contribution in [0.3, 0.4) is 0 Å². The number of carbonyl (C=O) groups excluding carboxylic acids is 1. The molecule has 0 aliphatic heterocycles. The van der Waals surface area contributed by atoms with Crippen molar-refractivity contribution >= 4 is 22.4 Å². The molecule has 0 aliphatic carbocycles. The van der Waals surface area contributed by atoms with Crippen molar-refractivity contribution in [2.24, 2.45) is 0 Å². The summed E-state index contributed by atoms with van der Waals surface area (Å²) in [5.74, 6) is 0.788. The number of hydrogen-bond donors (Lipinski definition) is 1. The van der Waals surface area contributed by atoms with Crippen LogP contribution in [0.2, 0.25) is 0 Å². The molecule has 0 aromatic carbocycles. The summed E-state index contributed by atoms with van der Waals surface area (Å²) in [5.41, 5.74) is 0.923. The molecule has 2 heterocycles. The molecular weight excluding hydrogens is 224 g/mol. The second-order valence-corrected chi connectivity index (χ2v) is 4.28. The van der Waals surface area contributed by atoms with E-state index in [1.54, 1.807) is 6.26 Å². The Morgan fingerprint density at radius 2 is 2.50 bits per heavy atom. The summed E-state index contributed by atoms with van der Waals surface area (Å²) in [7, 11) is 0. The van der Waals surface area contributed by atoms with Gasteiger partial charge in [0.05, 0.1) is 12.0 Å². The van der Waals surface area contributed by atoms with Gasteiger partial charge in [-0.15, -0.1) is 11.3 Å². The average molecular weight is 236 g/mol. The number of anilines is 1. The van der Waals surface area contributed by atoms with E-state index in [9.17, 15) is 4.79 Å². The lowest BCUT2D eigenvalue weighted by Gasteiger charge is -1.99. The van der Waals surface area contributed by atoms with Gasteiger partial charge in [-0.2, -0.15) is 0 Å². The van der Waals surface area contributed by atoms with E-state index < -0.39 is 0 Å². The molecule has 2 aromatic heterocycles. The number of thiazole rings is 1. The maximum Gasteiger partial charge on any atom is 0.226 e. The van der Waals surface area contributed by atoms with E-state index in [2.05, 4.69) is 10.3 Å². The Morgan fingerprint density at radius 3 is 3.12 bits per heavy atom.